The van der Waals surface area contributed by atoms with Gasteiger partial charge in [-0.15, -0.1) is 10.2 Å². The Hall–Kier alpha value is -2.11. The number of carbonyl (C=O) groups excluding carboxylic acids is 1. The lowest BCUT2D eigenvalue weighted by atomic mass is 9.83. The monoisotopic (exact) mass is 401 g/mol. The Balaban J connectivity index is 1.56. The van der Waals surface area contributed by atoms with Crippen LogP contribution in [-0.2, 0) is 4.79 Å². The normalized spacial score (nSPS) is 16.9. The average Bonchev–Trinajstić information content (AvgIpc) is 3.11. The van der Waals surface area contributed by atoms with E-state index in [1.165, 1.54) is 28.7 Å². The van der Waals surface area contributed by atoms with Crippen LogP contribution in [-0.4, -0.2) is 26.9 Å². The fourth-order valence-corrected chi connectivity index (χ4v) is 4.95. The third-order valence-electron chi connectivity index (χ3n) is 4.64. The van der Waals surface area contributed by atoms with Gasteiger partial charge in [-0.05, 0) is 38.8 Å². The molecule has 8 heteroatoms. The summed E-state index contributed by atoms with van der Waals surface area (Å²) in [5.74, 6) is -0.119. The van der Waals surface area contributed by atoms with Crippen LogP contribution in [0.5, 0.6) is 0 Å². The summed E-state index contributed by atoms with van der Waals surface area (Å²) in [6.07, 6.45) is 4.57. The minimum Gasteiger partial charge on any atom is -0.337 e. The number of nitrogens with one attached hydrogen (secondary N) is 2. The first kappa shape index (κ1) is 19.6. The van der Waals surface area contributed by atoms with Gasteiger partial charge in [0.25, 0.3) is 0 Å². The van der Waals surface area contributed by atoms with E-state index in [0.717, 1.165) is 42.1 Å². The van der Waals surface area contributed by atoms with Gasteiger partial charge in [-0.25, -0.2) is 0 Å². The van der Waals surface area contributed by atoms with Gasteiger partial charge in [-0.3, -0.25) is 4.79 Å². The Bertz CT molecular complexity index is 821. The molecule has 1 saturated carbocycles. The molecule has 0 spiro atoms. The minimum atomic E-state index is -0.705. The van der Waals surface area contributed by atoms with Crippen molar-refractivity contribution in [3.05, 3.63) is 29.8 Å². The van der Waals surface area contributed by atoms with Crippen molar-refractivity contribution in [3.63, 3.8) is 0 Å². The van der Waals surface area contributed by atoms with E-state index in [9.17, 15) is 10.1 Å². The summed E-state index contributed by atoms with van der Waals surface area (Å²) in [4.78, 5) is 12.6. The van der Waals surface area contributed by atoms with Gasteiger partial charge in [-0.1, -0.05) is 60.1 Å². The summed E-state index contributed by atoms with van der Waals surface area (Å²) in [5.41, 5.74) is 1.44. The molecule has 0 radical (unpaired) electrons. The Labute approximate surface area is 167 Å². The molecule has 2 aromatic rings. The molecule has 1 fully saturated rings. The van der Waals surface area contributed by atoms with Gasteiger partial charge in [0.1, 0.15) is 5.54 Å². The standard InChI is InChI=1S/C19H23N5OS2/c1-13-6-8-15(9-7-13)21-17-23-24-18(27-17)26-14(2)16(25)22-19(12-20)10-4-3-5-11-19/h6-9,14H,3-5,10-11H2,1-2H3,(H,21,23)(H,22,25)/t14-/m0/s1. The van der Waals surface area contributed by atoms with Crippen molar-refractivity contribution in [2.45, 2.75) is 61.1 Å². The van der Waals surface area contributed by atoms with Crippen molar-refractivity contribution in [3.8, 4) is 6.07 Å². The second-order valence-corrected chi connectivity index (χ2v) is 9.43. The zero-order valence-electron chi connectivity index (χ0n) is 15.5. The number of amides is 1. The molecule has 1 amide bonds. The van der Waals surface area contributed by atoms with Crippen LogP contribution in [0.25, 0.3) is 0 Å². The third kappa shape index (κ3) is 5.21. The van der Waals surface area contributed by atoms with E-state index in [2.05, 4.69) is 26.9 Å². The molecule has 27 heavy (non-hydrogen) atoms. The number of hydrogen-bond acceptors (Lipinski definition) is 7. The van der Waals surface area contributed by atoms with E-state index in [0.29, 0.717) is 5.13 Å². The topological polar surface area (TPSA) is 90.7 Å². The average molecular weight is 402 g/mol. The minimum absolute atomic E-state index is 0.119. The maximum absolute atomic E-state index is 12.6. The van der Waals surface area contributed by atoms with E-state index in [4.69, 9.17) is 0 Å². The molecule has 1 aromatic carbocycles. The van der Waals surface area contributed by atoms with Crippen molar-refractivity contribution in [1.82, 2.24) is 15.5 Å². The molecule has 0 bridgehead atoms. The SMILES string of the molecule is Cc1ccc(Nc2nnc(S[C@@H](C)C(=O)NC3(C#N)CCCCC3)s2)cc1. The predicted octanol–water partition coefficient (Wildman–Crippen LogP) is 4.41. The van der Waals surface area contributed by atoms with Crippen LogP contribution in [0.2, 0.25) is 0 Å². The Morgan fingerprint density at radius 1 is 1.26 bits per heavy atom. The smallest absolute Gasteiger partial charge is 0.234 e. The second-order valence-electron chi connectivity index (χ2n) is 6.87. The predicted molar refractivity (Wildman–Crippen MR) is 109 cm³/mol. The van der Waals surface area contributed by atoms with Crippen LogP contribution in [0.15, 0.2) is 28.6 Å². The van der Waals surface area contributed by atoms with Crippen LogP contribution < -0.4 is 10.6 Å². The molecule has 1 heterocycles. The second kappa shape index (κ2) is 8.72. The molecular weight excluding hydrogens is 378 g/mol. The first-order valence-corrected chi connectivity index (χ1v) is 10.8. The first-order valence-electron chi connectivity index (χ1n) is 9.07. The molecule has 0 unspecified atom stereocenters. The van der Waals surface area contributed by atoms with E-state index < -0.39 is 5.54 Å². The number of nitrogens with zero attached hydrogens (tertiary/aromatic N) is 3. The molecule has 3 rings (SSSR count). The molecule has 2 N–H and O–H groups in total. The quantitative estimate of drug-likeness (QED) is 0.697. The lowest BCUT2D eigenvalue weighted by molar-refractivity contribution is -0.121. The number of aryl methyl sites for hydroxylation is 1. The lowest BCUT2D eigenvalue weighted by Crippen LogP contribution is -2.50. The van der Waals surface area contributed by atoms with Gasteiger partial charge in [0.15, 0.2) is 4.34 Å². The molecular formula is C19H23N5OS2. The van der Waals surface area contributed by atoms with Gasteiger partial charge >= 0.3 is 0 Å². The van der Waals surface area contributed by atoms with E-state index in [1.807, 2.05) is 38.1 Å². The zero-order valence-corrected chi connectivity index (χ0v) is 17.1. The Morgan fingerprint density at radius 3 is 2.63 bits per heavy atom. The van der Waals surface area contributed by atoms with Crippen LogP contribution in [0.1, 0.15) is 44.6 Å². The highest BCUT2D eigenvalue weighted by molar-refractivity contribution is 8.02. The van der Waals surface area contributed by atoms with E-state index in [-0.39, 0.29) is 11.2 Å². The molecule has 1 aromatic heterocycles. The van der Waals surface area contributed by atoms with Crippen LogP contribution in [0.4, 0.5) is 10.8 Å². The summed E-state index contributed by atoms with van der Waals surface area (Å²) < 4.78 is 0.724. The summed E-state index contributed by atoms with van der Waals surface area (Å²) in [6, 6.07) is 10.4. The maximum Gasteiger partial charge on any atom is 0.234 e. The largest absolute Gasteiger partial charge is 0.337 e. The molecule has 1 aliphatic rings. The molecule has 142 valence electrons. The lowest BCUT2D eigenvalue weighted by Gasteiger charge is -2.32. The number of aromatic nitrogens is 2. The summed E-state index contributed by atoms with van der Waals surface area (Å²) in [6.45, 7) is 3.88. The van der Waals surface area contributed by atoms with Gasteiger partial charge < -0.3 is 10.6 Å². The molecule has 1 aliphatic carbocycles. The Morgan fingerprint density at radius 2 is 1.96 bits per heavy atom. The highest BCUT2D eigenvalue weighted by Crippen LogP contribution is 2.32. The van der Waals surface area contributed by atoms with Crippen LogP contribution in [0.3, 0.4) is 0 Å². The summed E-state index contributed by atoms with van der Waals surface area (Å²) in [7, 11) is 0. The van der Waals surface area contributed by atoms with Crippen molar-refractivity contribution in [2.75, 3.05) is 5.32 Å². The summed E-state index contributed by atoms with van der Waals surface area (Å²) >= 11 is 2.78. The van der Waals surface area contributed by atoms with Crippen molar-refractivity contribution in [2.24, 2.45) is 0 Å². The van der Waals surface area contributed by atoms with Gasteiger partial charge in [0.2, 0.25) is 11.0 Å². The molecule has 0 aliphatic heterocycles. The van der Waals surface area contributed by atoms with Gasteiger partial charge in [-0.2, -0.15) is 5.26 Å². The molecule has 1 atom stereocenters. The Kier molecular flexibility index (Phi) is 6.34. The van der Waals surface area contributed by atoms with E-state index >= 15 is 0 Å². The summed E-state index contributed by atoms with van der Waals surface area (Å²) in [5, 5.41) is 24.4. The van der Waals surface area contributed by atoms with Gasteiger partial charge in [0, 0.05) is 5.69 Å². The number of anilines is 2. The number of rotatable bonds is 6. The fraction of sp³-hybridized carbons (Fsp3) is 0.474. The number of thioether (sulfide) groups is 1. The number of benzene rings is 1. The van der Waals surface area contributed by atoms with Crippen LogP contribution in [0, 0.1) is 18.3 Å². The number of carbonyl (C=O) groups is 1. The zero-order chi connectivity index (χ0) is 19.3. The molecule has 6 nitrogen and oxygen atoms in total. The van der Waals surface area contributed by atoms with Crippen LogP contribution >= 0.6 is 23.1 Å². The van der Waals surface area contributed by atoms with Crippen molar-refractivity contribution in [1.29, 1.82) is 5.26 Å². The highest BCUT2D eigenvalue weighted by atomic mass is 32.2. The fourth-order valence-electron chi connectivity index (χ4n) is 3.03. The maximum atomic E-state index is 12.6. The van der Waals surface area contributed by atoms with Crippen molar-refractivity contribution < 1.29 is 4.79 Å². The molecule has 0 saturated heterocycles. The first-order chi connectivity index (χ1) is 13.0. The number of nitriles is 1. The van der Waals surface area contributed by atoms with Gasteiger partial charge in [0.05, 0.1) is 11.3 Å². The van der Waals surface area contributed by atoms with Crippen molar-refractivity contribution >= 4 is 39.8 Å². The van der Waals surface area contributed by atoms with E-state index in [1.54, 1.807) is 0 Å². The highest BCUT2D eigenvalue weighted by Gasteiger charge is 2.35. The number of hydrogen-bond donors (Lipinski definition) is 2. The third-order valence-corrected chi connectivity index (χ3v) is 6.66.